The lowest BCUT2D eigenvalue weighted by Crippen LogP contribution is -2.11. The lowest BCUT2D eigenvalue weighted by Gasteiger charge is -2.17. The Kier molecular flexibility index (Phi) is 4.61. The third-order valence-corrected chi connectivity index (χ3v) is 3.75. The zero-order valence-corrected chi connectivity index (χ0v) is 13.1. The fraction of sp³-hybridized carbons (Fsp3) is 0.375. The second-order valence-electron chi connectivity index (χ2n) is 5.03. The van der Waals surface area contributed by atoms with E-state index in [4.69, 9.17) is 11.6 Å². The van der Waals surface area contributed by atoms with E-state index in [0.29, 0.717) is 5.15 Å². The third kappa shape index (κ3) is 3.28. The first-order chi connectivity index (χ1) is 9.51. The molecule has 1 atom stereocenters. The van der Waals surface area contributed by atoms with Crippen molar-refractivity contribution in [3.8, 4) is 0 Å². The Hall–Kier alpha value is -1.61. The van der Waals surface area contributed by atoms with Gasteiger partial charge in [-0.2, -0.15) is 0 Å². The molecule has 0 aliphatic rings. The monoisotopic (exact) mass is 289 g/mol. The van der Waals surface area contributed by atoms with Crippen molar-refractivity contribution in [3.63, 3.8) is 0 Å². The maximum atomic E-state index is 6.16. The number of aryl methyl sites for hydroxylation is 2. The van der Waals surface area contributed by atoms with E-state index in [2.05, 4.69) is 53.4 Å². The normalized spacial score (nSPS) is 12.2. The number of hydrogen-bond acceptors (Lipinski definition) is 3. The molecule has 1 heterocycles. The minimum atomic E-state index is 0.171. The first-order valence-electron chi connectivity index (χ1n) is 6.87. The predicted octanol–water partition coefficient (Wildman–Crippen LogP) is 4.48. The summed E-state index contributed by atoms with van der Waals surface area (Å²) in [5.74, 6) is 1.58. The average molecular weight is 290 g/mol. The van der Waals surface area contributed by atoms with E-state index in [9.17, 15) is 0 Å². The Morgan fingerprint density at radius 1 is 1.15 bits per heavy atom. The Labute approximate surface area is 125 Å². The molecule has 4 heteroatoms. The number of halogens is 1. The summed E-state index contributed by atoms with van der Waals surface area (Å²) in [4.78, 5) is 8.79. The quantitative estimate of drug-likeness (QED) is 0.843. The first-order valence-corrected chi connectivity index (χ1v) is 7.25. The van der Waals surface area contributed by atoms with Crippen LogP contribution >= 0.6 is 11.6 Å². The number of nitrogens with zero attached hydrogens (tertiary/aromatic N) is 2. The van der Waals surface area contributed by atoms with Gasteiger partial charge in [0.15, 0.2) is 0 Å². The summed E-state index contributed by atoms with van der Waals surface area (Å²) in [5, 5.41) is 3.95. The fourth-order valence-electron chi connectivity index (χ4n) is 1.97. The maximum absolute atomic E-state index is 6.16. The van der Waals surface area contributed by atoms with Crippen LogP contribution in [0.4, 0.5) is 5.82 Å². The van der Waals surface area contributed by atoms with Crippen molar-refractivity contribution in [1.29, 1.82) is 0 Å². The van der Waals surface area contributed by atoms with Gasteiger partial charge in [-0.05, 0) is 26.3 Å². The summed E-state index contributed by atoms with van der Waals surface area (Å²) in [6, 6.07) is 8.66. The molecule has 0 fully saturated rings. The number of benzene rings is 1. The van der Waals surface area contributed by atoms with Crippen molar-refractivity contribution in [1.82, 2.24) is 9.97 Å². The Morgan fingerprint density at radius 2 is 1.80 bits per heavy atom. The van der Waals surface area contributed by atoms with Crippen LogP contribution in [-0.4, -0.2) is 9.97 Å². The molecule has 0 spiro atoms. The highest BCUT2D eigenvalue weighted by atomic mass is 35.5. The highest BCUT2D eigenvalue weighted by molar-refractivity contribution is 6.30. The molecule has 0 bridgehead atoms. The van der Waals surface area contributed by atoms with Gasteiger partial charge in [0.1, 0.15) is 16.8 Å². The van der Waals surface area contributed by atoms with Crippen molar-refractivity contribution >= 4 is 17.4 Å². The topological polar surface area (TPSA) is 37.8 Å². The Bertz CT molecular complexity index is 593. The van der Waals surface area contributed by atoms with E-state index in [1.54, 1.807) is 0 Å². The maximum Gasteiger partial charge on any atom is 0.137 e. The zero-order chi connectivity index (χ0) is 14.7. The Morgan fingerprint density at radius 3 is 2.40 bits per heavy atom. The minimum Gasteiger partial charge on any atom is -0.363 e. The summed E-state index contributed by atoms with van der Waals surface area (Å²) in [6.07, 6.45) is 0.771. The van der Waals surface area contributed by atoms with Gasteiger partial charge in [0.25, 0.3) is 0 Å². The molecule has 0 amide bonds. The molecule has 2 aromatic rings. The van der Waals surface area contributed by atoms with E-state index in [1.165, 1.54) is 11.1 Å². The first kappa shape index (κ1) is 14.8. The molecule has 3 nitrogen and oxygen atoms in total. The number of hydrogen-bond donors (Lipinski definition) is 1. The van der Waals surface area contributed by atoms with Crippen LogP contribution in [0.5, 0.6) is 0 Å². The van der Waals surface area contributed by atoms with Gasteiger partial charge in [-0.25, -0.2) is 9.97 Å². The summed E-state index contributed by atoms with van der Waals surface area (Å²) < 4.78 is 0. The van der Waals surface area contributed by atoms with Crippen LogP contribution in [0.25, 0.3) is 0 Å². The molecule has 1 N–H and O–H groups in total. The van der Waals surface area contributed by atoms with Crippen LogP contribution in [-0.2, 0) is 6.42 Å². The molecule has 0 radical (unpaired) electrons. The van der Waals surface area contributed by atoms with Gasteiger partial charge in [-0.1, -0.05) is 48.4 Å². The standard InChI is InChI=1S/C16H20ClN3/c1-5-14-19-15(17)11(3)16(20-14)18-12(4)13-8-6-10(2)7-9-13/h6-9,12H,5H2,1-4H3,(H,18,19,20). The Balaban J connectivity index is 2.25. The number of anilines is 1. The van der Waals surface area contributed by atoms with Crippen LogP contribution in [0.3, 0.4) is 0 Å². The molecule has 0 saturated heterocycles. The summed E-state index contributed by atoms with van der Waals surface area (Å²) in [5.41, 5.74) is 3.38. The van der Waals surface area contributed by atoms with Gasteiger partial charge in [-0.15, -0.1) is 0 Å². The SMILES string of the molecule is CCc1nc(Cl)c(C)c(NC(C)c2ccc(C)cc2)n1. The van der Waals surface area contributed by atoms with E-state index in [1.807, 2.05) is 13.8 Å². The second-order valence-corrected chi connectivity index (χ2v) is 5.39. The van der Waals surface area contributed by atoms with Crippen molar-refractivity contribution in [2.45, 2.75) is 40.2 Å². The smallest absolute Gasteiger partial charge is 0.137 e. The van der Waals surface area contributed by atoms with Crippen molar-refractivity contribution in [2.75, 3.05) is 5.32 Å². The van der Waals surface area contributed by atoms with Crippen molar-refractivity contribution in [3.05, 3.63) is 51.9 Å². The number of nitrogens with one attached hydrogen (secondary N) is 1. The largest absolute Gasteiger partial charge is 0.363 e. The number of rotatable bonds is 4. The molecular weight excluding hydrogens is 270 g/mol. The molecule has 20 heavy (non-hydrogen) atoms. The molecular formula is C16H20ClN3. The molecule has 106 valence electrons. The molecule has 0 aliphatic heterocycles. The van der Waals surface area contributed by atoms with Gasteiger partial charge in [0.2, 0.25) is 0 Å². The minimum absolute atomic E-state index is 0.171. The third-order valence-electron chi connectivity index (χ3n) is 3.38. The summed E-state index contributed by atoms with van der Waals surface area (Å²) >= 11 is 6.16. The lowest BCUT2D eigenvalue weighted by atomic mass is 10.1. The van der Waals surface area contributed by atoms with E-state index < -0.39 is 0 Å². The van der Waals surface area contributed by atoms with Gasteiger partial charge >= 0.3 is 0 Å². The summed E-state index contributed by atoms with van der Waals surface area (Å²) in [6.45, 7) is 8.16. The molecule has 0 saturated carbocycles. The highest BCUT2D eigenvalue weighted by Gasteiger charge is 2.12. The average Bonchev–Trinajstić information content (AvgIpc) is 2.44. The van der Waals surface area contributed by atoms with Crippen molar-refractivity contribution in [2.24, 2.45) is 0 Å². The lowest BCUT2D eigenvalue weighted by molar-refractivity contribution is 0.851. The van der Waals surface area contributed by atoms with Gasteiger partial charge in [0.05, 0.1) is 0 Å². The molecule has 1 aromatic carbocycles. The second kappa shape index (κ2) is 6.23. The molecule has 2 rings (SSSR count). The molecule has 1 aromatic heterocycles. The predicted molar refractivity (Wildman–Crippen MR) is 84.4 cm³/mol. The van der Waals surface area contributed by atoms with Gasteiger partial charge < -0.3 is 5.32 Å². The van der Waals surface area contributed by atoms with E-state index in [-0.39, 0.29) is 6.04 Å². The van der Waals surface area contributed by atoms with E-state index >= 15 is 0 Å². The molecule has 1 unspecified atom stereocenters. The van der Waals surface area contributed by atoms with Crippen LogP contribution in [0.15, 0.2) is 24.3 Å². The fourth-order valence-corrected chi connectivity index (χ4v) is 2.16. The highest BCUT2D eigenvalue weighted by Crippen LogP contribution is 2.24. The van der Waals surface area contributed by atoms with Crippen LogP contribution in [0, 0.1) is 13.8 Å². The number of aromatic nitrogens is 2. The van der Waals surface area contributed by atoms with Gasteiger partial charge in [0, 0.05) is 18.0 Å². The van der Waals surface area contributed by atoms with Crippen molar-refractivity contribution < 1.29 is 0 Å². The van der Waals surface area contributed by atoms with E-state index in [0.717, 1.165) is 23.6 Å². The van der Waals surface area contributed by atoms with Gasteiger partial charge in [-0.3, -0.25) is 0 Å². The van der Waals surface area contributed by atoms with Crippen LogP contribution in [0.2, 0.25) is 5.15 Å². The van der Waals surface area contributed by atoms with Crippen LogP contribution in [0.1, 0.15) is 42.4 Å². The zero-order valence-electron chi connectivity index (χ0n) is 12.4. The molecule has 0 aliphatic carbocycles. The summed E-state index contributed by atoms with van der Waals surface area (Å²) in [7, 11) is 0. The van der Waals surface area contributed by atoms with Crippen LogP contribution < -0.4 is 5.32 Å².